The van der Waals surface area contributed by atoms with Gasteiger partial charge in [-0.2, -0.15) is 0 Å². The number of ether oxygens (including phenoxy) is 2. The smallest absolute Gasteiger partial charge is 0.310 e. The molecule has 0 saturated heterocycles. The van der Waals surface area contributed by atoms with Crippen molar-refractivity contribution < 1.29 is 23.0 Å². The van der Waals surface area contributed by atoms with Gasteiger partial charge in [-0.3, -0.25) is 4.79 Å². The van der Waals surface area contributed by atoms with Crippen molar-refractivity contribution >= 4 is 5.97 Å². The average molecular weight is 245 g/mol. The molecule has 1 rings (SSSR count). The van der Waals surface area contributed by atoms with Crippen LogP contribution >= 0.6 is 0 Å². The van der Waals surface area contributed by atoms with Crippen LogP contribution in [0, 0.1) is 6.92 Å². The van der Waals surface area contributed by atoms with Gasteiger partial charge in [-0.15, -0.1) is 0 Å². The van der Waals surface area contributed by atoms with E-state index in [1.54, 1.807) is 6.92 Å². The maximum atomic E-state index is 12.7. The van der Waals surface area contributed by atoms with Crippen LogP contribution in [0.4, 0.5) is 8.78 Å². The second-order valence-corrected chi connectivity index (χ2v) is 3.39. The van der Waals surface area contributed by atoms with Crippen LogP contribution in [-0.2, 0) is 16.0 Å². The van der Waals surface area contributed by atoms with Gasteiger partial charge in [0.05, 0.1) is 20.6 Å². The second-order valence-electron chi connectivity index (χ2n) is 3.39. The van der Waals surface area contributed by atoms with Gasteiger partial charge in [-0.25, -0.2) is 13.8 Å². The molecule has 0 N–H and O–H groups in total. The van der Waals surface area contributed by atoms with Gasteiger partial charge in [0, 0.05) is 11.3 Å². The van der Waals surface area contributed by atoms with Crippen molar-refractivity contribution in [2.45, 2.75) is 19.8 Å². The van der Waals surface area contributed by atoms with Crippen LogP contribution in [0.5, 0.6) is 5.75 Å². The molecule has 0 aliphatic rings. The molecule has 0 radical (unpaired) electrons. The van der Waals surface area contributed by atoms with E-state index in [4.69, 9.17) is 4.74 Å². The molecule has 6 heteroatoms. The molecule has 0 atom stereocenters. The van der Waals surface area contributed by atoms with E-state index in [1.165, 1.54) is 20.3 Å². The average Bonchev–Trinajstić information content (AvgIpc) is 2.28. The fourth-order valence-corrected chi connectivity index (χ4v) is 1.50. The van der Waals surface area contributed by atoms with Crippen LogP contribution in [-0.4, -0.2) is 25.2 Å². The Balaban J connectivity index is 3.23. The van der Waals surface area contributed by atoms with Gasteiger partial charge in [0.15, 0.2) is 0 Å². The fraction of sp³-hybridized carbons (Fsp3) is 0.455. The first-order valence-corrected chi connectivity index (χ1v) is 4.89. The van der Waals surface area contributed by atoms with Gasteiger partial charge in [-0.05, 0) is 13.0 Å². The Bertz CT molecular complexity index is 421. The summed E-state index contributed by atoms with van der Waals surface area (Å²) >= 11 is 0. The van der Waals surface area contributed by atoms with Crippen molar-refractivity contribution in [3.63, 3.8) is 0 Å². The van der Waals surface area contributed by atoms with Crippen LogP contribution in [0.25, 0.3) is 0 Å². The maximum Gasteiger partial charge on any atom is 0.310 e. The predicted octanol–water partition coefficient (Wildman–Crippen LogP) is 2.05. The SMILES string of the molecule is COC(=O)Cc1cc(C)nc(C(F)F)c1OC. The molecule has 0 unspecified atom stereocenters. The van der Waals surface area contributed by atoms with E-state index in [-0.39, 0.29) is 12.2 Å². The number of hydrogen-bond acceptors (Lipinski definition) is 4. The number of carbonyl (C=O) groups is 1. The van der Waals surface area contributed by atoms with E-state index in [9.17, 15) is 13.6 Å². The Morgan fingerprint density at radius 1 is 1.47 bits per heavy atom. The van der Waals surface area contributed by atoms with Crippen molar-refractivity contribution in [3.05, 3.63) is 23.0 Å². The molecule has 0 amide bonds. The molecule has 0 fully saturated rings. The van der Waals surface area contributed by atoms with Crippen LogP contribution in [0.2, 0.25) is 0 Å². The molecule has 0 spiro atoms. The molecule has 1 aromatic heterocycles. The third kappa shape index (κ3) is 3.12. The Labute approximate surface area is 97.6 Å². The normalized spacial score (nSPS) is 10.5. The zero-order valence-corrected chi connectivity index (χ0v) is 9.79. The number of nitrogens with zero attached hydrogens (tertiary/aromatic N) is 1. The number of aromatic nitrogens is 1. The van der Waals surface area contributed by atoms with Gasteiger partial charge in [0.2, 0.25) is 0 Å². The van der Waals surface area contributed by atoms with E-state index in [0.717, 1.165) is 0 Å². The number of esters is 1. The van der Waals surface area contributed by atoms with Crippen molar-refractivity contribution in [2.75, 3.05) is 14.2 Å². The second kappa shape index (κ2) is 5.56. The number of hydrogen-bond donors (Lipinski definition) is 0. The lowest BCUT2D eigenvalue weighted by atomic mass is 10.1. The summed E-state index contributed by atoms with van der Waals surface area (Å²) in [5, 5.41) is 0. The van der Waals surface area contributed by atoms with Gasteiger partial charge < -0.3 is 9.47 Å². The summed E-state index contributed by atoms with van der Waals surface area (Å²) < 4.78 is 34.8. The molecule has 0 saturated carbocycles. The lowest BCUT2D eigenvalue weighted by molar-refractivity contribution is -0.139. The molecule has 17 heavy (non-hydrogen) atoms. The Hall–Kier alpha value is -1.72. The topological polar surface area (TPSA) is 48.4 Å². The Kier molecular flexibility index (Phi) is 4.37. The lowest BCUT2D eigenvalue weighted by Crippen LogP contribution is -2.09. The highest BCUT2D eigenvalue weighted by Crippen LogP contribution is 2.31. The summed E-state index contributed by atoms with van der Waals surface area (Å²) in [6.45, 7) is 1.58. The summed E-state index contributed by atoms with van der Waals surface area (Å²) in [5.41, 5.74) is 0.300. The molecule has 1 heterocycles. The standard InChI is InChI=1S/C11H13F2NO3/c1-6-4-7(5-8(15)16-2)10(17-3)9(14-6)11(12)13/h4,11H,5H2,1-3H3. The predicted molar refractivity (Wildman–Crippen MR) is 56.2 cm³/mol. The molecular weight excluding hydrogens is 232 g/mol. The van der Waals surface area contributed by atoms with Crippen LogP contribution < -0.4 is 4.74 Å². The van der Waals surface area contributed by atoms with Crippen LogP contribution in [0.1, 0.15) is 23.4 Å². The Morgan fingerprint density at radius 3 is 2.59 bits per heavy atom. The van der Waals surface area contributed by atoms with E-state index in [1.807, 2.05) is 0 Å². The first-order valence-electron chi connectivity index (χ1n) is 4.89. The van der Waals surface area contributed by atoms with Crippen LogP contribution in [0.15, 0.2) is 6.07 Å². The minimum atomic E-state index is -2.75. The zero-order chi connectivity index (χ0) is 13.0. The third-order valence-corrected chi connectivity index (χ3v) is 2.18. The molecule has 4 nitrogen and oxygen atoms in total. The quantitative estimate of drug-likeness (QED) is 0.762. The summed E-state index contributed by atoms with van der Waals surface area (Å²) in [5.74, 6) is -0.579. The maximum absolute atomic E-state index is 12.7. The summed E-state index contributed by atoms with van der Waals surface area (Å²) in [6.07, 6.45) is -2.87. The van der Waals surface area contributed by atoms with Gasteiger partial charge >= 0.3 is 5.97 Å². The van der Waals surface area contributed by atoms with E-state index in [2.05, 4.69) is 9.72 Å². The highest BCUT2D eigenvalue weighted by molar-refractivity contribution is 5.73. The van der Waals surface area contributed by atoms with E-state index >= 15 is 0 Å². The van der Waals surface area contributed by atoms with Gasteiger partial charge in [-0.1, -0.05) is 0 Å². The van der Waals surface area contributed by atoms with Gasteiger partial charge in [0.25, 0.3) is 6.43 Å². The first-order chi connectivity index (χ1) is 7.99. The number of rotatable bonds is 4. The lowest BCUT2D eigenvalue weighted by Gasteiger charge is -2.12. The highest BCUT2D eigenvalue weighted by Gasteiger charge is 2.21. The summed E-state index contributed by atoms with van der Waals surface area (Å²) in [4.78, 5) is 14.9. The molecule has 0 aliphatic heterocycles. The minimum absolute atomic E-state index is 0.0593. The number of methoxy groups -OCH3 is 2. The molecule has 0 aliphatic carbocycles. The first kappa shape index (κ1) is 13.3. The largest absolute Gasteiger partial charge is 0.494 e. The molecule has 0 aromatic carbocycles. The number of pyridine rings is 1. The number of halogens is 2. The van der Waals surface area contributed by atoms with Crippen molar-refractivity contribution in [2.24, 2.45) is 0 Å². The van der Waals surface area contributed by atoms with Crippen molar-refractivity contribution in [1.82, 2.24) is 4.98 Å². The zero-order valence-electron chi connectivity index (χ0n) is 9.79. The summed E-state index contributed by atoms with van der Waals surface area (Å²) in [7, 11) is 2.50. The fourth-order valence-electron chi connectivity index (χ4n) is 1.50. The molecular formula is C11H13F2NO3. The minimum Gasteiger partial charge on any atom is -0.494 e. The molecule has 0 bridgehead atoms. The number of carbonyl (C=O) groups excluding carboxylic acids is 1. The number of aryl methyl sites for hydroxylation is 1. The van der Waals surface area contributed by atoms with E-state index in [0.29, 0.717) is 11.3 Å². The molecule has 94 valence electrons. The highest BCUT2D eigenvalue weighted by atomic mass is 19.3. The van der Waals surface area contributed by atoms with E-state index < -0.39 is 18.1 Å². The van der Waals surface area contributed by atoms with Crippen molar-refractivity contribution in [1.29, 1.82) is 0 Å². The van der Waals surface area contributed by atoms with Gasteiger partial charge in [0.1, 0.15) is 11.4 Å². The Morgan fingerprint density at radius 2 is 2.12 bits per heavy atom. The molecule has 1 aromatic rings. The monoisotopic (exact) mass is 245 g/mol. The number of alkyl halides is 2. The van der Waals surface area contributed by atoms with Crippen LogP contribution in [0.3, 0.4) is 0 Å². The summed E-state index contributed by atoms with van der Waals surface area (Å²) in [6, 6.07) is 1.53. The van der Waals surface area contributed by atoms with Crippen molar-refractivity contribution in [3.8, 4) is 5.75 Å². The third-order valence-electron chi connectivity index (χ3n) is 2.18.